The smallest absolute Gasteiger partial charge is 0.271 e. The zero-order chi connectivity index (χ0) is 19.0. The Morgan fingerprint density at radius 1 is 1.19 bits per heavy atom. The van der Waals surface area contributed by atoms with E-state index < -0.39 is 5.91 Å². The molecule has 0 aliphatic heterocycles. The van der Waals surface area contributed by atoms with Crippen molar-refractivity contribution in [1.29, 1.82) is 0 Å². The van der Waals surface area contributed by atoms with E-state index in [1.807, 2.05) is 48.7 Å². The van der Waals surface area contributed by atoms with E-state index in [0.29, 0.717) is 16.9 Å². The highest BCUT2D eigenvalue weighted by Gasteiger charge is 2.21. The van der Waals surface area contributed by atoms with E-state index in [4.69, 9.17) is 5.73 Å². The first kappa shape index (κ1) is 17.9. The molecule has 3 aromatic rings. The molecule has 0 saturated carbocycles. The molecule has 0 spiro atoms. The molecule has 2 heterocycles. The second-order valence-electron chi connectivity index (χ2n) is 5.99. The third-order valence-electron chi connectivity index (χ3n) is 4.18. The minimum absolute atomic E-state index is 0.0116. The molecule has 0 fully saturated rings. The predicted octanol–water partition coefficient (Wildman–Crippen LogP) is 3.24. The van der Waals surface area contributed by atoms with Crippen molar-refractivity contribution < 1.29 is 9.59 Å². The molecule has 0 saturated heterocycles. The van der Waals surface area contributed by atoms with Crippen molar-refractivity contribution in [2.75, 3.05) is 5.32 Å². The number of anilines is 1. The number of rotatable bonds is 4. The van der Waals surface area contributed by atoms with E-state index >= 15 is 0 Å². The van der Waals surface area contributed by atoms with Gasteiger partial charge in [-0.05, 0) is 51.1 Å². The van der Waals surface area contributed by atoms with Crippen LogP contribution < -0.4 is 11.1 Å². The van der Waals surface area contributed by atoms with Gasteiger partial charge >= 0.3 is 0 Å². The monoisotopic (exact) mass is 415 g/mol. The summed E-state index contributed by atoms with van der Waals surface area (Å²) in [6.07, 6.45) is 0. The molecule has 0 unspecified atom stereocenters. The summed E-state index contributed by atoms with van der Waals surface area (Å²) in [6.45, 7) is 5.52. The van der Waals surface area contributed by atoms with Crippen molar-refractivity contribution in [3.8, 4) is 5.69 Å². The number of hydrogen-bond donors (Lipinski definition) is 3. The van der Waals surface area contributed by atoms with Crippen molar-refractivity contribution in [3.05, 3.63) is 63.1 Å². The number of aromatic amines is 1. The maximum atomic E-state index is 12.8. The van der Waals surface area contributed by atoms with Crippen LogP contribution in [0.5, 0.6) is 0 Å². The summed E-state index contributed by atoms with van der Waals surface area (Å²) in [4.78, 5) is 24.3. The lowest BCUT2D eigenvalue weighted by atomic mass is 10.2. The van der Waals surface area contributed by atoms with Crippen molar-refractivity contribution in [2.45, 2.75) is 20.8 Å². The number of nitrogens with zero attached hydrogens (tertiary/aromatic N) is 2. The van der Waals surface area contributed by atoms with Crippen LogP contribution in [0.4, 0.5) is 5.69 Å². The first-order valence-electron chi connectivity index (χ1n) is 7.90. The molecule has 0 radical (unpaired) electrons. The van der Waals surface area contributed by atoms with E-state index in [0.717, 1.165) is 21.5 Å². The van der Waals surface area contributed by atoms with E-state index in [2.05, 4.69) is 31.4 Å². The molecule has 7 nitrogen and oxygen atoms in total. The third-order valence-corrected chi connectivity index (χ3v) is 4.71. The maximum absolute atomic E-state index is 12.8. The highest BCUT2D eigenvalue weighted by atomic mass is 79.9. The summed E-state index contributed by atoms with van der Waals surface area (Å²) in [6, 6.07) is 9.64. The Bertz CT molecular complexity index is 1000. The molecule has 0 atom stereocenters. The molecule has 0 bridgehead atoms. The van der Waals surface area contributed by atoms with Crippen LogP contribution in [0, 0.1) is 20.8 Å². The number of hydrogen-bond acceptors (Lipinski definition) is 3. The Morgan fingerprint density at radius 3 is 2.46 bits per heavy atom. The standard InChI is InChI=1S/C18H18BrN5O2/c1-9-8-14(11(3)24(9)13-6-4-12(19)5-7-13)18(26)21-15-10(2)22-23-16(15)17(20)25/h4-8H,1-3H3,(H2,20,25)(H,21,26)(H,22,23). The van der Waals surface area contributed by atoms with Crippen LogP contribution in [-0.2, 0) is 0 Å². The Labute approximate surface area is 158 Å². The number of carbonyl (C=O) groups is 2. The summed E-state index contributed by atoms with van der Waals surface area (Å²) in [5, 5.41) is 9.25. The molecule has 4 N–H and O–H groups in total. The van der Waals surface area contributed by atoms with Gasteiger partial charge in [-0.25, -0.2) is 0 Å². The Balaban J connectivity index is 1.97. The third kappa shape index (κ3) is 3.15. The average molecular weight is 416 g/mol. The van der Waals surface area contributed by atoms with Gasteiger partial charge in [0.2, 0.25) is 0 Å². The van der Waals surface area contributed by atoms with Crippen LogP contribution in [0.25, 0.3) is 5.69 Å². The number of nitrogens with one attached hydrogen (secondary N) is 2. The fraction of sp³-hybridized carbons (Fsp3) is 0.167. The van der Waals surface area contributed by atoms with Gasteiger partial charge in [0.1, 0.15) is 0 Å². The van der Waals surface area contributed by atoms with Crippen LogP contribution in [0.2, 0.25) is 0 Å². The summed E-state index contributed by atoms with van der Waals surface area (Å²) in [5.41, 5.74) is 9.38. The zero-order valence-corrected chi connectivity index (χ0v) is 16.1. The molecule has 134 valence electrons. The van der Waals surface area contributed by atoms with Crippen molar-refractivity contribution in [3.63, 3.8) is 0 Å². The van der Waals surface area contributed by atoms with Crippen LogP contribution in [0.1, 0.15) is 37.9 Å². The summed E-state index contributed by atoms with van der Waals surface area (Å²) < 4.78 is 2.98. The van der Waals surface area contributed by atoms with Crippen molar-refractivity contribution >= 4 is 33.4 Å². The quantitative estimate of drug-likeness (QED) is 0.608. The molecular formula is C18H18BrN5O2. The molecule has 2 amide bonds. The number of amides is 2. The second-order valence-corrected chi connectivity index (χ2v) is 6.90. The predicted molar refractivity (Wildman–Crippen MR) is 103 cm³/mol. The largest absolute Gasteiger partial charge is 0.364 e. The van der Waals surface area contributed by atoms with E-state index in [9.17, 15) is 9.59 Å². The van der Waals surface area contributed by atoms with Crippen LogP contribution in [-0.4, -0.2) is 26.6 Å². The molecule has 3 rings (SSSR count). The van der Waals surface area contributed by atoms with Gasteiger partial charge in [0.15, 0.2) is 5.69 Å². The Hall–Kier alpha value is -2.87. The van der Waals surface area contributed by atoms with Gasteiger partial charge < -0.3 is 15.6 Å². The lowest BCUT2D eigenvalue weighted by Gasteiger charge is -2.10. The van der Waals surface area contributed by atoms with Gasteiger partial charge in [-0.1, -0.05) is 15.9 Å². The highest BCUT2D eigenvalue weighted by Crippen LogP contribution is 2.24. The molecule has 26 heavy (non-hydrogen) atoms. The molecule has 1 aromatic carbocycles. The first-order valence-corrected chi connectivity index (χ1v) is 8.70. The second kappa shape index (κ2) is 6.80. The molecule has 0 aliphatic carbocycles. The van der Waals surface area contributed by atoms with Crippen molar-refractivity contribution in [2.24, 2.45) is 5.73 Å². The fourth-order valence-electron chi connectivity index (χ4n) is 2.92. The van der Waals surface area contributed by atoms with Crippen LogP contribution >= 0.6 is 15.9 Å². The number of aromatic nitrogens is 3. The average Bonchev–Trinajstić information content (AvgIpc) is 3.09. The van der Waals surface area contributed by atoms with E-state index in [-0.39, 0.29) is 11.6 Å². The minimum atomic E-state index is -0.704. The summed E-state index contributed by atoms with van der Waals surface area (Å²) in [7, 11) is 0. The van der Waals surface area contributed by atoms with Gasteiger partial charge in [0, 0.05) is 21.5 Å². The Kier molecular flexibility index (Phi) is 4.69. The Morgan fingerprint density at radius 2 is 1.85 bits per heavy atom. The van der Waals surface area contributed by atoms with Crippen molar-refractivity contribution in [1.82, 2.24) is 14.8 Å². The normalized spacial score (nSPS) is 10.8. The molecular weight excluding hydrogens is 398 g/mol. The van der Waals surface area contributed by atoms with Gasteiger partial charge in [-0.3, -0.25) is 14.7 Å². The van der Waals surface area contributed by atoms with Gasteiger partial charge in [0.25, 0.3) is 11.8 Å². The summed E-state index contributed by atoms with van der Waals surface area (Å²) in [5.74, 6) is -1.03. The van der Waals surface area contributed by atoms with E-state index in [1.165, 1.54) is 0 Å². The maximum Gasteiger partial charge on any atom is 0.271 e. The number of carbonyl (C=O) groups excluding carboxylic acids is 2. The topological polar surface area (TPSA) is 106 Å². The number of H-pyrrole nitrogens is 1. The number of primary amides is 1. The number of benzene rings is 1. The van der Waals surface area contributed by atoms with Gasteiger partial charge in [0.05, 0.1) is 16.9 Å². The highest BCUT2D eigenvalue weighted by molar-refractivity contribution is 9.10. The van der Waals surface area contributed by atoms with E-state index in [1.54, 1.807) is 6.92 Å². The number of aryl methyl sites for hydroxylation is 2. The van der Waals surface area contributed by atoms with Crippen LogP contribution in [0.15, 0.2) is 34.8 Å². The molecule has 8 heteroatoms. The van der Waals surface area contributed by atoms with Gasteiger partial charge in [-0.2, -0.15) is 5.10 Å². The SMILES string of the molecule is Cc1[nH]nc(C(N)=O)c1NC(=O)c1cc(C)n(-c2ccc(Br)cc2)c1C. The lowest BCUT2D eigenvalue weighted by Crippen LogP contribution is -2.18. The fourth-order valence-corrected chi connectivity index (χ4v) is 3.19. The van der Waals surface area contributed by atoms with Gasteiger partial charge in [-0.15, -0.1) is 0 Å². The molecule has 2 aromatic heterocycles. The molecule has 0 aliphatic rings. The summed E-state index contributed by atoms with van der Waals surface area (Å²) >= 11 is 3.42. The van der Waals surface area contributed by atoms with Crippen LogP contribution in [0.3, 0.4) is 0 Å². The zero-order valence-electron chi connectivity index (χ0n) is 14.6. The lowest BCUT2D eigenvalue weighted by molar-refractivity contribution is 0.0996. The minimum Gasteiger partial charge on any atom is -0.364 e. The first-order chi connectivity index (χ1) is 12.3. The number of nitrogens with two attached hydrogens (primary N) is 1. The number of halogens is 1.